The van der Waals surface area contributed by atoms with Crippen molar-refractivity contribution in [3.8, 4) is 5.75 Å². The normalized spacial score (nSPS) is 16.9. The van der Waals surface area contributed by atoms with Gasteiger partial charge in [0.2, 0.25) is 0 Å². The summed E-state index contributed by atoms with van der Waals surface area (Å²) in [5.41, 5.74) is 0.871. The smallest absolute Gasteiger partial charge is 0.415 e. The summed E-state index contributed by atoms with van der Waals surface area (Å²) >= 11 is 1.63. The van der Waals surface area contributed by atoms with E-state index in [1.165, 1.54) is 0 Å². The van der Waals surface area contributed by atoms with Crippen LogP contribution in [0.4, 0.5) is 10.5 Å². The van der Waals surface area contributed by atoms with Gasteiger partial charge in [0.25, 0.3) is 0 Å². The van der Waals surface area contributed by atoms with Crippen molar-refractivity contribution in [2.45, 2.75) is 23.6 Å². The molecule has 0 N–H and O–H groups in total. The van der Waals surface area contributed by atoms with Gasteiger partial charge in [-0.2, -0.15) is 0 Å². The van der Waals surface area contributed by atoms with E-state index in [2.05, 4.69) is 6.58 Å². The molecule has 1 aliphatic heterocycles. The summed E-state index contributed by atoms with van der Waals surface area (Å²) in [6.45, 7) is 5.92. The molecule has 0 radical (unpaired) electrons. The van der Waals surface area contributed by atoms with Crippen molar-refractivity contribution in [2.24, 2.45) is 0 Å². The van der Waals surface area contributed by atoms with Crippen LogP contribution >= 0.6 is 11.8 Å². The summed E-state index contributed by atoms with van der Waals surface area (Å²) in [4.78, 5) is 14.8. The quantitative estimate of drug-likeness (QED) is 0.788. The largest absolute Gasteiger partial charge is 0.497 e. The van der Waals surface area contributed by atoms with Gasteiger partial charge in [-0.25, -0.2) is 4.79 Å². The van der Waals surface area contributed by atoms with E-state index in [0.717, 1.165) is 16.3 Å². The predicted molar refractivity (Wildman–Crippen MR) is 77.0 cm³/mol. The van der Waals surface area contributed by atoms with Gasteiger partial charge in [-0.05, 0) is 31.5 Å². The predicted octanol–water partition coefficient (Wildman–Crippen LogP) is 3.67. The zero-order chi connectivity index (χ0) is 13.8. The molecule has 0 saturated carbocycles. The third-order valence-corrected chi connectivity index (χ3v) is 4.07. The van der Waals surface area contributed by atoms with E-state index in [-0.39, 0.29) is 11.5 Å². The summed E-state index contributed by atoms with van der Waals surface area (Å²) in [5, 5.41) is -0.00124. The molecule has 1 heterocycles. The molecule has 0 bridgehead atoms. The number of anilines is 1. The minimum absolute atomic E-state index is 0.00124. The summed E-state index contributed by atoms with van der Waals surface area (Å²) in [7, 11) is 1.63. The number of amides is 1. The molecule has 1 unspecified atom stereocenters. The first-order valence-corrected chi connectivity index (χ1v) is 7.00. The first-order valence-electron chi connectivity index (χ1n) is 6.12. The molecule has 0 spiro atoms. The van der Waals surface area contributed by atoms with Gasteiger partial charge < -0.3 is 9.47 Å². The number of hydrogen-bond donors (Lipinski definition) is 0. The molecule has 102 valence electrons. The molecule has 1 aromatic carbocycles. The molecule has 1 aromatic rings. The maximum Gasteiger partial charge on any atom is 0.415 e. The van der Waals surface area contributed by atoms with Crippen LogP contribution in [0.15, 0.2) is 35.7 Å². The summed E-state index contributed by atoms with van der Waals surface area (Å²) < 4.78 is 10.3. The Morgan fingerprint density at radius 2 is 2.37 bits per heavy atom. The van der Waals surface area contributed by atoms with Crippen molar-refractivity contribution in [1.82, 2.24) is 0 Å². The van der Waals surface area contributed by atoms with Crippen molar-refractivity contribution in [1.29, 1.82) is 0 Å². The van der Waals surface area contributed by atoms with Crippen LogP contribution < -0.4 is 9.64 Å². The summed E-state index contributed by atoms with van der Waals surface area (Å²) in [6, 6.07) is 5.68. The molecule has 0 saturated heterocycles. The lowest BCUT2D eigenvalue weighted by Crippen LogP contribution is -2.35. The molecule has 19 heavy (non-hydrogen) atoms. The molecule has 4 nitrogen and oxygen atoms in total. The van der Waals surface area contributed by atoms with Crippen molar-refractivity contribution in [3.63, 3.8) is 0 Å². The Morgan fingerprint density at radius 3 is 3.00 bits per heavy atom. The number of methoxy groups -OCH3 is 1. The Kier molecular flexibility index (Phi) is 4.37. The molecule has 1 aliphatic rings. The SMILES string of the molecule is C=CCC1Sc2cc(OC)ccc2N1C(=O)OCC. The highest BCUT2D eigenvalue weighted by molar-refractivity contribution is 8.00. The van der Waals surface area contributed by atoms with Crippen LogP contribution in [-0.4, -0.2) is 25.2 Å². The van der Waals surface area contributed by atoms with E-state index in [4.69, 9.17) is 9.47 Å². The first kappa shape index (κ1) is 13.8. The van der Waals surface area contributed by atoms with E-state index >= 15 is 0 Å². The molecule has 0 fully saturated rings. The summed E-state index contributed by atoms with van der Waals surface area (Å²) in [5.74, 6) is 0.786. The van der Waals surface area contributed by atoms with Gasteiger partial charge >= 0.3 is 6.09 Å². The topological polar surface area (TPSA) is 38.8 Å². The highest BCUT2D eigenvalue weighted by atomic mass is 32.2. The van der Waals surface area contributed by atoms with Crippen LogP contribution in [0, 0.1) is 0 Å². The van der Waals surface area contributed by atoms with Crippen LogP contribution in [0.25, 0.3) is 0 Å². The van der Waals surface area contributed by atoms with E-state index < -0.39 is 0 Å². The van der Waals surface area contributed by atoms with E-state index in [1.54, 1.807) is 30.7 Å². The first-order chi connectivity index (χ1) is 9.21. The number of carbonyl (C=O) groups excluding carboxylic acids is 1. The number of thioether (sulfide) groups is 1. The van der Waals surface area contributed by atoms with Gasteiger partial charge in [-0.3, -0.25) is 4.90 Å². The van der Waals surface area contributed by atoms with Crippen LogP contribution in [0.3, 0.4) is 0 Å². The van der Waals surface area contributed by atoms with Gasteiger partial charge in [0.05, 0.1) is 24.8 Å². The van der Waals surface area contributed by atoms with E-state index in [9.17, 15) is 4.79 Å². The number of rotatable bonds is 4. The number of carbonyl (C=O) groups is 1. The zero-order valence-corrected chi connectivity index (χ0v) is 11.9. The van der Waals surface area contributed by atoms with Gasteiger partial charge in [0, 0.05) is 4.90 Å². The highest BCUT2D eigenvalue weighted by Gasteiger charge is 2.35. The van der Waals surface area contributed by atoms with Gasteiger partial charge in [-0.15, -0.1) is 6.58 Å². The molecular weight excluding hydrogens is 262 g/mol. The van der Waals surface area contributed by atoms with Crippen LogP contribution in [0.2, 0.25) is 0 Å². The number of hydrogen-bond acceptors (Lipinski definition) is 4. The van der Waals surface area contributed by atoms with Gasteiger partial charge in [0.1, 0.15) is 5.75 Å². The average molecular weight is 279 g/mol. The standard InChI is InChI=1S/C14H17NO3S/c1-4-6-13-15(14(16)18-5-2)11-8-7-10(17-3)9-12(11)19-13/h4,7-9,13H,1,5-6H2,2-3H3. The van der Waals surface area contributed by atoms with E-state index in [1.807, 2.05) is 24.3 Å². The Morgan fingerprint density at radius 1 is 1.58 bits per heavy atom. The lowest BCUT2D eigenvalue weighted by atomic mass is 10.2. The molecular formula is C14H17NO3S. The van der Waals surface area contributed by atoms with Crippen LogP contribution in [-0.2, 0) is 4.74 Å². The second kappa shape index (κ2) is 6.02. The minimum atomic E-state index is -0.314. The number of nitrogens with zero attached hydrogens (tertiary/aromatic N) is 1. The lowest BCUT2D eigenvalue weighted by molar-refractivity contribution is 0.159. The number of benzene rings is 1. The summed E-state index contributed by atoms with van der Waals surface area (Å²) in [6.07, 6.45) is 2.21. The van der Waals surface area contributed by atoms with Crippen molar-refractivity contribution in [2.75, 3.05) is 18.6 Å². The van der Waals surface area contributed by atoms with Gasteiger partial charge in [0.15, 0.2) is 0 Å². The number of ether oxygens (including phenoxy) is 2. The molecule has 1 atom stereocenters. The second-order valence-electron chi connectivity index (χ2n) is 4.00. The highest BCUT2D eigenvalue weighted by Crippen LogP contribution is 2.46. The molecule has 0 aliphatic carbocycles. The average Bonchev–Trinajstić information content (AvgIpc) is 2.76. The minimum Gasteiger partial charge on any atom is -0.497 e. The Bertz CT molecular complexity index is 490. The zero-order valence-electron chi connectivity index (χ0n) is 11.1. The Labute approximate surface area is 117 Å². The molecule has 5 heteroatoms. The fraction of sp³-hybridized carbons (Fsp3) is 0.357. The monoisotopic (exact) mass is 279 g/mol. The second-order valence-corrected chi connectivity index (χ2v) is 5.22. The lowest BCUT2D eigenvalue weighted by Gasteiger charge is -2.22. The maximum atomic E-state index is 12.1. The molecule has 2 rings (SSSR count). The van der Waals surface area contributed by atoms with Crippen molar-refractivity contribution in [3.05, 3.63) is 30.9 Å². The van der Waals surface area contributed by atoms with Crippen molar-refractivity contribution < 1.29 is 14.3 Å². The van der Waals surface area contributed by atoms with Crippen LogP contribution in [0.5, 0.6) is 5.75 Å². The Hall–Kier alpha value is -1.62. The number of fused-ring (bicyclic) bond motifs is 1. The van der Waals surface area contributed by atoms with Crippen molar-refractivity contribution >= 4 is 23.5 Å². The van der Waals surface area contributed by atoms with Gasteiger partial charge in [-0.1, -0.05) is 17.8 Å². The fourth-order valence-corrected chi connectivity index (χ4v) is 3.28. The molecule has 1 amide bonds. The third kappa shape index (κ3) is 2.71. The molecule has 0 aromatic heterocycles. The van der Waals surface area contributed by atoms with E-state index in [0.29, 0.717) is 13.0 Å². The Balaban J connectivity index is 2.33. The maximum absolute atomic E-state index is 12.1. The fourth-order valence-electron chi connectivity index (χ4n) is 1.97. The third-order valence-electron chi connectivity index (χ3n) is 2.81. The van der Waals surface area contributed by atoms with Crippen LogP contribution in [0.1, 0.15) is 13.3 Å².